The molecule has 18 heavy (non-hydrogen) atoms. The third kappa shape index (κ3) is 1.92. The average molecular weight is 274 g/mol. The summed E-state index contributed by atoms with van der Waals surface area (Å²) in [6, 6.07) is 11.1. The Hall–Kier alpha value is -1.71. The van der Waals surface area contributed by atoms with Crippen LogP contribution in [0.15, 0.2) is 48.8 Å². The first-order chi connectivity index (χ1) is 8.75. The molecule has 3 aromatic rings. The fourth-order valence-electron chi connectivity index (χ4n) is 1.88. The molecule has 1 aromatic carbocycles. The van der Waals surface area contributed by atoms with Crippen molar-refractivity contribution in [2.75, 3.05) is 0 Å². The van der Waals surface area contributed by atoms with E-state index in [2.05, 4.69) is 4.98 Å². The van der Waals surface area contributed by atoms with E-state index >= 15 is 0 Å². The van der Waals surface area contributed by atoms with Gasteiger partial charge in [-0.15, -0.1) is 11.3 Å². The molecule has 3 rings (SSSR count). The van der Waals surface area contributed by atoms with E-state index in [1.54, 1.807) is 24.5 Å². The Morgan fingerprint density at radius 3 is 2.83 bits per heavy atom. The lowest BCUT2D eigenvalue weighted by Gasteiger charge is -2.03. The summed E-state index contributed by atoms with van der Waals surface area (Å²) in [5, 5.41) is 1.88. The number of ketones is 1. The molecule has 0 saturated heterocycles. The lowest BCUT2D eigenvalue weighted by molar-refractivity contribution is 0.104. The fourth-order valence-corrected chi connectivity index (χ4v) is 2.88. The van der Waals surface area contributed by atoms with Gasteiger partial charge in [-0.1, -0.05) is 29.8 Å². The Morgan fingerprint density at radius 1 is 1.17 bits per heavy atom. The quantitative estimate of drug-likeness (QED) is 0.656. The van der Waals surface area contributed by atoms with E-state index in [9.17, 15) is 4.79 Å². The maximum Gasteiger partial charge on any atom is 0.203 e. The van der Waals surface area contributed by atoms with Crippen LogP contribution in [-0.4, -0.2) is 10.8 Å². The molecule has 0 atom stereocenters. The third-order valence-corrected chi connectivity index (χ3v) is 3.96. The number of hydrogen-bond donors (Lipinski definition) is 0. The van der Waals surface area contributed by atoms with E-state index in [1.165, 1.54) is 11.3 Å². The van der Waals surface area contributed by atoms with Crippen LogP contribution in [0, 0.1) is 0 Å². The Balaban J connectivity index is 2.17. The number of aromatic nitrogens is 1. The zero-order valence-electron chi connectivity index (χ0n) is 9.26. The first-order valence-corrected chi connectivity index (χ1v) is 6.58. The van der Waals surface area contributed by atoms with E-state index in [1.807, 2.05) is 24.3 Å². The smallest absolute Gasteiger partial charge is 0.203 e. The maximum absolute atomic E-state index is 12.4. The van der Waals surface area contributed by atoms with Gasteiger partial charge in [0.15, 0.2) is 0 Å². The summed E-state index contributed by atoms with van der Waals surface area (Å²) in [5.41, 5.74) is 0.666. The molecule has 0 aliphatic carbocycles. The van der Waals surface area contributed by atoms with Crippen LogP contribution in [0.2, 0.25) is 4.34 Å². The van der Waals surface area contributed by atoms with Crippen LogP contribution < -0.4 is 0 Å². The van der Waals surface area contributed by atoms with Gasteiger partial charge in [0, 0.05) is 23.3 Å². The molecule has 0 aliphatic rings. The second-order valence-electron chi connectivity index (χ2n) is 3.84. The summed E-state index contributed by atoms with van der Waals surface area (Å²) in [4.78, 5) is 17.1. The van der Waals surface area contributed by atoms with Crippen molar-refractivity contribution in [1.29, 1.82) is 0 Å². The Bertz CT molecular complexity index is 730. The van der Waals surface area contributed by atoms with Gasteiger partial charge in [-0.2, -0.15) is 0 Å². The van der Waals surface area contributed by atoms with Gasteiger partial charge in [0.25, 0.3) is 0 Å². The van der Waals surface area contributed by atoms with E-state index in [0.29, 0.717) is 14.8 Å². The Labute approximate surface area is 113 Å². The molecule has 0 spiro atoms. The van der Waals surface area contributed by atoms with Gasteiger partial charge in [0.1, 0.15) is 0 Å². The zero-order valence-corrected chi connectivity index (χ0v) is 10.8. The van der Waals surface area contributed by atoms with Crippen molar-refractivity contribution < 1.29 is 4.79 Å². The lowest BCUT2D eigenvalue weighted by Crippen LogP contribution is -1.99. The second-order valence-corrected chi connectivity index (χ2v) is 5.55. The van der Waals surface area contributed by atoms with Crippen LogP contribution in [-0.2, 0) is 0 Å². The minimum absolute atomic E-state index is 0.00880. The summed E-state index contributed by atoms with van der Waals surface area (Å²) in [6.45, 7) is 0. The number of nitrogens with zero attached hydrogens (tertiary/aromatic N) is 1. The molecule has 88 valence electrons. The number of carbonyl (C=O) groups excluding carboxylic acids is 1. The second kappa shape index (κ2) is 4.52. The topological polar surface area (TPSA) is 30.0 Å². The summed E-state index contributed by atoms with van der Waals surface area (Å²) in [5.74, 6) is -0.00880. The van der Waals surface area contributed by atoms with Crippen molar-refractivity contribution in [3.05, 3.63) is 63.6 Å². The fraction of sp³-hybridized carbons (Fsp3) is 0. The SMILES string of the molecule is O=C(c1ccc(Cl)s1)c1cccc2ccncc12. The molecule has 2 aromatic heterocycles. The van der Waals surface area contributed by atoms with Gasteiger partial charge in [-0.3, -0.25) is 9.78 Å². The number of carbonyl (C=O) groups is 1. The zero-order chi connectivity index (χ0) is 12.5. The Kier molecular flexibility index (Phi) is 2.86. The average Bonchev–Trinajstić information content (AvgIpc) is 2.84. The molecule has 2 heterocycles. The first-order valence-electron chi connectivity index (χ1n) is 5.38. The van der Waals surface area contributed by atoms with Crippen molar-refractivity contribution in [2.24, 2.45) is 0 Å². The molecule has 0 unspecified atom stereocenters. The van der Waals surface area contributed by atoms with E-state index in [-0.39, 0.29) is 5.78 Å². The lowest BCUT2D eigenvalue weighted by atomic mass is 10.0. The standard InChI is InChI=1S/C14H8ClNOS/c15-13-5-4-12(18-13)14(17)10-3-1-2-9-6-7-16-8-11(9)10/h1-8H. The number of hydrogen-bond acceptors (Lipinski definition) is 3. The highest BCUT2D eigenvalue weighted by Gasteiger charge is 2.14. The molecule has 2 nitrogen and oxygen atoms in total. The molecule has 0 amide bonds. The van der Waals surface area contributed by atoms with Gasteiger partial charge < -0.3 is 0 Å². The van der Waals surface area contributed by atoms with E-state index in [0.717, 1.165) is 10.8 Å². The summed E-state index contributed by atoms with van der Waals surface area (Å²) >= 11 is 7.16. The van der Waals surface area contributed by atoms with E-state index < -0.39 is 0 Å². The van der Waals surface area contributed by atoms with Crippen molar-refractivity contribution in [2.45, 2.75) is 0 Å². The van der Waals surface area contributed by atoms with Crippen LogP contribution in [0.5, 0.6) is 0 Å². The predicted octanol–water partition coefficient (Wildman–Crippen LogP) is 4.18. The molecule has 0 fully saturated rings. The highest BCUT2D eigenvalue weighted by molar-refractivity contribution is 7.18. The predicted molar refractivity (Wildman–Crippen MR) is 74.5 cm³/mol. The largest absolute Gasteiger partial charge is 0.288 e. The number of benzene rings is 1. The van der Waals surface area contributed by atoms with Gasteiger partial charge in [0.05, 0.1) is 9.21 Å². The molecule has 0 saturated carbocycles. The maximum atomic E-state index is 12.4. The van der Waals surface area contributed by atoms with Gasteiger partial charge >= 0.3 is 0 Å². The van der Waals surface area contributed by atoms with Crippen LogP contribution in [0.4, 0.5) is 0 Å². The normalized spacial score (nSPS) is 10.7. The minimum atomic E-state index is -0.00880. The van der Waals surface area contributed by atoms with Crippen LogP contribution in [0.3, 0.4) is 0 Å². The molecular formula is C14H8ClNOS. The number of rotatable bonds is 2. The van der Waals surface area contributed by atoms with Gasteiger partial charge in [0.2, 0.25) is 5.78 Å². The van der Waals surface area contributed by atoms with Crippen molar-refractivity contribution >= 4 is 39.5 Å². The number of fused-ring (bicyclic) bond motifs is 1. The molecule has 0 aliphatic heterocycles. The Morgan fingerprint density at radius 2 is 2.06 bits per heavy atom. The highest BCUT2D eigenvalue weighted by Crippen LogP contribution is 2.26. The number of thiophene rings is 1. The van der Waals surface area contributed by atoms with Crippen LogP contribution in [0.25, 0.3) is 10.8 Å². The summed E-state index contributed by atoms with van der Waals surface area (Å²) < 4.78 is 0.622. The van der Waals surface area contributed by atoms with Crippen LogP contribution in [0.1, 0.15) is 15.2 Å². The molecular weight excluding hydrogens is 266 g/mol. The van der Waals surface area contributed by atoms with Crippen LogP contribution >= 0.6 is 22.9 Å². The van der Waals surface area contributed by atoms with Crippen molar-refractivity contribution in [3.8, 4) is 0 Å². The van der Waals surface area contributed by atoms with Crippen molar-refractivity contribution in [3.63, 3.8) is 0 Å². The van der Waals surface area contributed by atoms with E-state index in [4.69, 9.17) is 11.6 Å². The monoisotopic (exact) mass is 273 g/mol. The molecule has 0 bridgehead atoms. The number of halogens is 1. The minimum Gasteiger partial charge on any atom is -0.288 e. The molecule has 0 radical (unpaired) electrons. The first kappa shape index (κ1) is 11.4. The van der Waals surface area contributed by atoms with Crippen molar-refractivity contribution in [1.82, 2.24) is 4.98 Å². The molecule has 0 N–H and O–H groups in total. The number of pyridine rings is 1. The molecule has 4 heteroatoms. The van der Waals surface area contributed by atoms with Gasteiger partial charge in [-0.25, -0.2) is 0 Å². The summed E-state index contributed by atoms with van der Waals surface area (Å²) in [7, 11) is 0. The third-order valence-electron chi connectivity index (χ3n) is 2.73. The van der Waals surface area contributed by atoms with Gasteiger partial charge in [-0.05, 0) is 23.6 Å². The summed E-state index contributed by atoms with van der Waals surface area (Å²) in [6.07, 6.45) is 3.44. The highest BCUT2D eigenvalue weighted by atomic mass is 35.5.